The van der Waals surface area contributed by atoms with Crippen LogP contribution in [0.4, 0.5) is 38.4 Å². The predicted octanol–water partition coefficient (Wildman–Crippen LogP) is 15.3. The van der Waals surface area contributed by atoms with Gasteiger partial charge < -0.3 is 96.2 Å². The lowest BCUT2D eigenvalue weighted by molar-refractivity contribution is -0.144. The van der Waals surface area contributed by atoms with Crippen LogP contribution in [0.1, 0.15) is 261 Å². The Morgan fingerprint density at radius 2 is 0.500 bits per heavy atom. The Hall–Kier alpha value is -8.48. The molecule has 0 saturated carbocycles. The van der Waals surface area contributed by atoms with Gasteiger partial charge in [0.15, 0.2) is 0 Å². The Labute approximate surface area is 652 Å². The van der Waals surface area contributed by atoms with Crippen molar-refractivity contribution >= 4 is 72.9 Å². The van der Waals surface area contributed by atoms with Crippen LogP contribution < -0.4 is 10.6 Å². The highest BCUT2D eigenvalue weighted by Crippen LogP contribution is 2.18. The Balaban J connectivity index is 3.58. The van der Waals surface area contributed by atoms with Crippen LogP contribution >= 0.6 is 0 Å². The van der Waals surface area contributed by atoms with Gasteiger partial charge in [0.25, 0.3) is 0 Å². The number of alkyl carbamates (subject to hydrolysis) is 1. The molecule has 0 heterocycles. The Morgan fingerprint density at radius 3 is 0.800 bits per heavy atom. The second-order valence-corrected chi connectivity index (χ2v) is 28.2. The Kier molecular flexibility index (Phi) is 62.2. The molecule has 4 amide bonds. The lowest BCUT2D eigenvalue weighted by Crippen LogP contribution is -2.51. The highest BCUT2D eigenvalue weighted by atomic mass is 16.8. The monoisotopic (exact) mass is 1570 g/mol. The van der Waals surface area contributed by atoms with Gasteiger partial charge in [-0.25, -0.2) is 47.9 Å². The fourth-order valence-electron chi connectivity index (χ4n) is 9.83. The number of amides is 4. The standard InChI is InChI=1S/C78H134N4O28/c1-63(2)67(85)96-61-45-81(77(5,6)7)65(83)41-23-13-11-16-26-44-80-70(88)98-48-33-34-54-104-74(92)106-56-37-38-58-108-76(94)110-60-40-39-59-109-75(93)107-57-36-35-55-105-73(91)103-53-32-22-21-31-52-102-72(90)101-51-30-20-19-29-50-100-71(89)99-49-28-18-17-27-47-95-66(84)42-24-14-12-15-25-43-79-69(87)82(78(8,9)10)46-62-97-68(86)64(3)4/h1,3,11-62H2,2,4-10H3,(H,79,87)(H,80,88). The van der Waals surface area contributed by atoms with Crippen LogP contribution in [0.5, 0.6) is 0 Å². The van der Waals surface area contributed by atoms with Gasteiger partial charge in [-0.15, -0.1) is 0 Å². The van der Waals surface area contributed by atoms with Crippen molar-refractivity contribution in [2.75, 3.05) is 132 Å². The summed E-state index contributed by atoms with van der Waals surface area (Å²) in [6, 6.07) is -0.211. The first kappa shape index (κ1) is 102. The third kappa shape index (κ3) is 64.3. The second-order valence-electron chi connectivity index (χ2n) is 28.2. The summed E-state index contributed by atoms with van der Waals surface area (Å²) in [5.74, 6) is -1.16. The summed E-state index contributed by atoms with van der Waals surface area (Å²) < 4.78 is 81.5. The van der Waals surface area contributed by atoms with Crippen LogP contribution in [0.25, 0.3) is 0 Å². The van der Waals surface area contributed by atoms with Crippen molar-refractivity contribution in [2.45, 2.75) is 272 Å². The average molecular weight is 1580 g/mol. The first-order valence-corrected chi connectivity index (χ1v) is 39.5. The summed E-state index contributed by atoms with van der Waals surface area (Å²) in [6.45, 7) is 25.6. The minimum Gasteiger partial charge on any atom is -0.466 e. The van der Waals surface area contributed by atoms with Crippen LogP contribution in [0, 0.1) is 0 Å². The number of unbranched alkanes of at least 4 members (excludes halogenated alkanes) is 21. The number of carbonyl (C=O) groups excluding carboxylic acids is 12. The molecular weight excluding hydrogens is 1440 g/mol. The van der Waals surface area contributed by atoms with Crippen molar-refractivity contribution in [3.8, 4) is 0 Å². The molecule has 0 radical (unpaired) electrons. The molecule has 32 heteroatoms. The molecular formula is C78H134N4O28. The number of urea groups is 1. The molecule has 0 fully saturated rings. The maximum Gasteiger partial charge on any atom is 0.508 e. The van der Waals surface area contributed by atoms with Gasteiger partial charge in [-0.1, -0.05) is 51.7 Å². The number of esters is 3. The molecule has 0 unspecified atom stereocenters. The van der Waals surface area contributed by atoms with E-state index in [0.29, 0.717) is 134 Å². The van der Waals surface area contributed by atoms with E-state index in [1.165, 1.54) is 0 Å². The summed E-state index contributed by atoms with van der Waals surface area (Å²) in [5, 5.41) is 5.66. The van der Waals surface area contributed by atoms with Crippen LogP contribution in [-0.4, -0.2) is 226 Å². The van der Waals surface area contributed by atoms with Crippen molar-refractivity contribution in [3.63, 3.8) is 0 Å². The molecule has 0 spiro atoms. The van der Waals surface area contributed by atoms with E-state index in [1.54, 1.807) is 23.6 Å². The Bertz CT molecular complexity index is 2590. The molecule has 0 aromatic rings. The summed E-state index contributed by atoms with van der Waals surface area (Å²) >= 11 is 0. The number of hydrogen-bond acceptors (Lipinski definition) is 28. The molecule has 0 rings (SSSR count). The molecule has 110 heavy (non-hydrogen) atoms. The van der Waals surface area contributed by atoms with Gasteiger partial charge in [0.1, 0.15) is 13.2 Å². The summed E-state index contributed by atoms with van der Waals surface area (Å²) in [5.41, 5.74) is -0.231. The van der Waals surface area contributed by atoms with E-state index < -0.39 is 66.0 Å². The normalized spacial score (nSPS) is 10.9. The summed E-state index contributed by atoms with van der Waals surface area (Å²) in [4.78, 5) is 148. The van der Waals surface area contributed by atoms with Crippen molar-refractivity contribution in [1.29, 1.82) is 0 Å². The maximum absolute atomic E-state index is 12.9. The molecule has 0 bridgehead atoms. The van der Waals surface area contributed by atoms with Crippen LogP contribution in [0.15, 0.2) is 24.3 Å². The molecule has 0 aromatic heterocycles. The molecule has 0 aliphatic heterocycles. The average Bonchev–Trinajstić information content (AvgIpc) is 0.869. The van der Waals surface area contributed by atoms with E-state index in [9.17, 15) is 57.5 Å². The van der Waals surface area contributed by atoms with Gasteiger partial charge in [0.2, 0.25) is 5.91 Å². The first-order chi connectivity index (χ1) is 52.6. The van der Waals surface area contributed by atoms with E-state index in [1.807, 2.05) is 41.5 Å². The third-order valence-corrected chi connectivity index (χ3v) is 16.0. The molecule has 0 atom stereocenters. The van der Waals surface area contributed by atoms with Crippen molar-refractivity contribution in [2.24, 2.45) is 0 Å². The molecule has 0 aromatic carbocycles. The quantitative estimate of drug-likeness (QED) is 0.0247. The van der Waals surface area contributed by atoms with Gasteiger partial charge in [0, 0.05) is 48.2 Å². The third-order valence-electron chi connectivity index (χ3n) is 16.0. The van der Waals surface area contributed by atoms with Gasteiger partial charge in [-0.2, -0.15) is 0 Å². The van der Waals surface area contributed by atoms with Crippen molar-refractivity contribution in [3.05, 3.63) is 24.3 Å². The molecule has 0 aliphatic rings. The minimum absolute atomic E-state index is 0.0108. The molecule has 32 nitrogen and oxygen atoms in total. The largest absolute Gasteiger partial charge is 0.508 e. The van der Waals surface area contributed by atoms with Crippen molar-refractivity contribution < 1.29 is 133 Å². The lowest BCUT2D eigenvalue weighted by atomic mass is 10.0. The van der Waals surface area contributed by atoms with E-state index in [-0.39, 0.29) is 124 Å². The molecule has 2 N–H and O–H groups in total. The van der Waals surface area contributed by atoms with Gasteiger partial charge in [0.05, 0.1) is 106 Å². The fourth-order valence-corrected chi connectivity index (χ4v) is 9.83. The zero-order valence-electron chi connectivity index (χ0n) is 67.5. The smallest absolute Gasteiger partial charge is 0.466 e. The number of ether oxygens (including phenoxy) is 16. The van der Waals surface area contributed by atoms with E-state index in [4.69, 9.17) is 75.8 Å². The van der Waals surface area contributed by atoms with Crippen LogP contribution in [-0.2, 0) is 95.0 Å². The number of hydrogen-bond donors (Lipinski definition) is 2. The number of rotatable bonds is 65. The second kappa shape index (κ2) is 67.4. The first-order valence-electron chi connectivity index (χ1n) is 39.5. The van der Waals surface area contributed by atoms with Crippen LogP contribution in [0.3, 0.4) is 0 Å². The van der Waals surface area contributed by atoms with E-state index in [2.05, 4.69) is 23.8 Å². The Morgan fingerprint density at radius 1 is 0.264 bits per heavy atom. The van der Waals surface area contributed by atoms with Gasteiger partial charge >= 0.3 is 67.0 Å². The van der Waals surface area contributed by atoms with E-state index >= 15 is 0 Å². The topological polar surface area (TPSA) is 383 Å². The molecule has 634 valence electrons. The molecule has 0 aliphatic carbocycles. The fraction of sp³-hybridized carbons (Fsp3) is 0.795. The maximum atomic E-state index is 12.9. The zero-order chi connectivity index (χ0) is 81.7. The van der Waals surface area contributed by atoms with Crippen molar-refractivity contribution in [1.82, 2.24) is 20.4 Å². The highest BCUT2D eigenvalue weighted by Gasteiger charge is 2.28. The molecule has 0 saturated heterocycles. The number of nitrogens with zero attached hydrogens (tertiary/aromatic N) is 2. The van der Waals surface area contributed by atoms with Crippen LogP contribution in [0.2, 0.25) is 0 Å². The lowest BCUT2D eigenvalue weighted by Gasteiger charge is -2.35. The van der Waals surface area contributed by atoms with Gasteiger partial charge in [-0.05, 0) is 209 Å². The zero-order valence-corrected chi connectivity index (χ0v) is 67.5. The van der Waals surface area contributed by atoms with E-state index in [0.717, 1.165) is 109 Å². The minimum atomic E-state index is -0.858. The number of carbonyl (C=O) groups is 12. The number of nitrogens with one attached hydrogen (secondary N) is 2. The predicted molar refractivity (Wildman–Crippen MR) is 405 cm³/mol. The summed E-state index contributed by atoms with van der Waals surface area (Å²) in [6.07, 6.45) is 15.9. The SMILES string of the molecule is C=C(C)C(=O)OCCN(C(=O)CCCCCCCNC(=O)OCCCCOC(=O)OCCCCOC(=O)OCCCCOC(=O)OCCCCOC(=O)OCCCCCCOC(=O)OCCCCCCOC(=O)OCCCCCCOC(=O)CCCCCCCNC(=O)N(CCOC(=O)C(=C)C)C(C)(C)C)C(C)(C)C. The highest BCUT2D eigenvalue weighted by molar-refractivity contribution is 5.87. The van der Waals surface area contributed by atoms with Gasteiger partial charge in [-0.3, -0.25) is 9.59 Å². The summed E-state index contributed by atoms with van der Waals surface area (Å²) in [7, 11) is 0.